The molecule has 0 saturated carbocycles. The van der Waals surface area contributed by atoms with Crippen LogP contribution in [0, 0.1) is 6.92 Å². The maximum atomic E-state index is 13.3. The van der Waals surface area contributed by atoms with Gasteiger partial charge in [-0.1, -0.05) is 0 Å². The molecule has 2 aliphatic rings. The van der Waals surface area contributed by atoms with Crippen LogP contribution in [0.5, 0.6) is 0 Å². The normalized spacial score (nSPS) is 23.9. The molecule has 3 aromatic rings. The Morgan fingerprint density at radius 3 is 2.83 bits per heavy atom. The highest BCUT2D eigenvalue weighted by atomic mass is 32.1. The lowest BCUT2D eigenvalue weighted by atomic mass is 9.95. The summed E-state index contributed by atoms with van der Waals surface area (Å²) in [7, 11) is 0. The van der Waals surface area contributed by atoms with Crippen molar-refractivity contribution in [2.24, 2.45) is 0 Å². The molecular formula is C18H17F3N6OS. The first kappa shape index (κ1) is 18.3. The van der Waals surface area contributed by atoms with Gasteiger partial charge in [-0.25, -0.2) is 15.0 Å². The first-order valence-corrected chi connectivity index (χ1v) is 10.1. The number of imidazole rings is 1. The second kappa shape index (κ2) is 6.41. The van der Waals surface area contributed by atoms with E-state index in [2.05, 4.69) is 20.3 Å². The largest absolute Gasteiger partial charge is 0.434 e. The Kier molecular flexibility index (Phi) is 4.05. The number of fused-ring (bicyclic) bond motifs is 3. The van der Waals surface area contributed by atoms with Crippen molar-refractivity contribution < 1.29 is 18.0 Å². The first-order valence-electron chi connectivity index (χ1n) is 9.23. The molecule has 2 bridgehead atoms. The summed E-state index contributed by atoms with van der Waals surface area (Å²) in [5.41, 5.74) is 0.253. The zero-order valence-electron chi connectivity index (χ0n) is 15.3. The van der Waals surface area contributed by atoms with E-state index in [4.69, 9.17) is 0 Å². The molecule has 2 aliphatic heterocycles. The molecule has 0 spiro atoms. The van der Waals surface area contributed by atoms with Gasteiger partial charge in [0.25, 0.3) is 5.91 Å². The summed E-state index contributed by atoms with van der Waals surface area (Å²) < 4.78 is 39.8. The van der Waals surface area contributed by atoms with E-state index in [1.165, 1.54) is 11.3 Å². The van der Waals surface area contributed by atoms with Crippen LogP contribution in [0.1, 0.15) is 41.1 Å². The standard InChI is InChI=1S/C18H17F3N6OS/c1-9-15(26-4-5-29-17(26)24-9)16(28)27-10-2-3-12(27)11(6-10)25-14-8-22-13(7-23-14)18(19,20)21/h4-5,7-8,10-12H,2-3,6H2,1H3,(H,23,25)/t10-,11-,12+/m1/s1. The SMILES string of the molecule is Cc1nc2sccn2c1C(=O)N1[C@@H]2CC[C@H]1[C@H](Nc1cnc(C(F)(F)F)cn1)C2. The van der Waals surface area contributed by atoms with Gasteiger partial charge in [-0.2, -0.15) is 13.2 Å². The van der Waals surface area contributed by atoms with Gasteiger partial charge in [0.1, 0.15) is 11.5 Å². The number of nitrogens with zero attached hydrogens (tertiary/aromatic N) is 5. The number of halogens is 3. The van der Waals surface area contributed by atoms with E-state index < -0.39 is 11.9 Å². The number of anilines is 1. The molecule has 2 fully saturated rings. The van der Waals surface area contributed by atoms with Crippen molar-refractivity contribution in [3.05, 3.63) is 41.1 Å². The van der Waals surface area contributed by atoms with Crippen LogP contribution < -0.4 is 5.32 Å². The Bertz CT molecular complexity index is 1080. The second-order valence-corrected chi connectivity index (χ2v) is 8.26. The number of carbonyl (C=O) groups excluding carboxylic acids is 1. The van der Waals surface area contributed by atoms with Gasteiger partial charge in [0.15, 0.2) is 10.7 Å². The molecule has 11 heteroatoms. The average molecular weight is 422 g/mol. The molecule has 152 valence electrons. The van der Waals surface area contributed by atoms with Gasteiger partial charge in [-0.15, -0.1) is 11.3 Å². The van der Waals surface area contributed by atoms with Crippen LogP contribution in [0.4, 0.5) is 19.0 Å². The molecule has 3 atom stereocenters. The second-order valence-electron chi connectivity index (χ2n) is 7.38. The van der Waals surface area contributed by atoms with Crippen molar-refractivity contribution in [1.82, 2.24) is 24.3 Å². The monoisotopic (exact) mass is 422 g/mol. The number of aromatic nitrogens is 4. The minimum Gasteiger partial charge on any atom is -0.364 e. The molecule has 0 aliphatic carbocycles. The number of rotatable bonds is 3. The van der Waals surface area contributed by atoms with E-state index in [1.54, 1.807) is 0 Å². The van der Waals surface area contributed by atoms with Crippen LogP contribution in [0.25, 0.3) is 4.96 Å². The van der Waals surface area contributed by atoms with Crippen molar-refractivity contribution in [2.45, 2.75) is 50.5 Å². The summed E-state index contributed by atoms with van der Waals surface area (Å²) in [6.07, 6.45) is 1.63. The molecule has 29 heavy (non-hydrogen) atoms. The van der Waals surface area contributed by atoms with E-state index in [0.29, 0.717) is 11.4 Å². The molecule has 1 amide bonds. The minimum atomic E-state index is -4.52. The van der Waals surface area contributed by atoms with E-state index in [9.17, 15) is 18.0 Å². The number of nitrogens with one attached hydrogen (secondary N) is 1. The van der Waals surface area contributed by atoms with E-state index in [-0.39, 0.29) is 29.9 Å². The third-order valence-electron chi connectivity index (χ3n) is 5.69. The van der Waals surface area contributed by atoms with Gasteiger partial charge < -0.3 is 10.2 Å². The maximum absolute atomic E-state index is 13.3. The zero-order chi connectivity index (χ0) is 20.3. The molecule has 0 unspecified atom stereocenters. The van der Waals surface area contributed by atoms with Gasteiger partial charge >= 0.3 is 6.18 Å². The van der Waals surface area contributed by atoms with Crippen molar-refractivity contribution in [3.8, 4) is 0 Å². The Morgan fingerprint density at radius 1 is 1.28 bits per heavy atom. The van der Waals surface area contributed by atoms with Crippen LogP contribution in [0.3, 0.4) is 0 Å². The molecule has 0 radical (unpaired) electrons. The molecule has 5 heterocycles. The number of carbonyl (C=O) groups is 1. The van der Waals surface area contributed by atoms with Crippen molar-refractivity contribution in [2.75, 3.05) is 5.32 Å². The molecule has 7 nitrogen and oxygen atoms in total. The summed E-state index contributed by atoms with van der Waals surface area (Å²) in [6, 6.07) is -0.0221. The van der Waals surface area contributed by atoms with Crippen LogP contribution in [-0.4, -0.2) is 48.3 Å². The van der Waals surface area contributed by atoms with E-state index >= 15 is 0 Å². The predicted molar refractivity (Wildman–Crippen MR) is 99.8 cm³/mol. The van der Waals surface area contributed by atoms with Crippen molar-refractivity contribution in [3.63, 3.8) is 0 Å². The Balaban J connectivity index is 1.36. The highest BCUT2D eigenvalue weighted by molar-refractivity contribution is 7.15. The molecule has 1 N–H and O–H groups in total. The summed E-state index contributed by atoms with van der Waals surface area (Å²) >= 11 is 1.48. The van der Waals surface area contributed by atoms with Crippen molar-refractivity contribution in [1.29, 1.82) is 0 Å². The smallest absolute Gasteiger partial charge is 0.364 e. The summed E-state index contributed by atoms with van der Waals surface area (Å²) in [5, 5.41) is 5.07. The number of alkyl halides is 3. The van der Waals surface area contributed by atoms with E-state index in [1.807, 2.05) is 27.8 Å². The number of hydrogen-bond donors (Lipinski definition) is 1. The number of hydrogen-bond acceptors (Lipinski definition) is 6. The fourth-order valence-corrected chi connectivity index (χ4v) is 5.23. The van der Waals surface area contributed by atoms with Gasteiger partial charge in [0, 0.05) is 17.6 Å². The van der Waals surface area contributed by atoms with Crippen molar-refractivity contribution >= 4 is 28.0 Å². The summed E-state index contributed by atoms with van der Waals surface area (Å²) in [5.74, 6) is 0.229. The lowest BCUT2D eigenvalue weighted by Gasteiger charge is -2.25. The Hall–Kier alpha value is -2.69. The van der Waals surface area contributed by atoms with Gasteiger partial charge in [0.05, 0.1) is 30.2 Å². The molecule has 3 aromatic heterocycles. The van der Waals surface area contributed by atoms with Crippen LogP contribution in [-0.2, 0) is 6.18 Å². The summed E-state index contributed by atoms with van der Waals surface area (Å²) in [6.45, 7) is 1.83. The summed E-state index contributed by atoms with van der Waals surface area (Å²) in [4.78, 5) is 27.8. The Labute approximate surface area is 167 Å². The Morgan fingerprint density at radius 2 is 2.10 bits per heavy atom. The van der Waals surface area contributed by atoms with Gasteiger partial charge in [-0.3, -0.25) is 9.20 Å². The molecule has 5 rings (SSSR count). The molecular weight excluding hydrogens is 405 g/mol. The molecule has 2 saturated heterocycles. The minimum absolute atomic E-state index is 0.0415. The average Bonchev–Trinajstić information content (AvgIpc) is 3.40. The fraction of sp³-hybridized carbons (Fsp3) is 0.444. The quantitative estimate of drug-likeness (QED) is 0.701. The van der Waals surface area contributed by atoms with Gasteiger partial charge in [-0.05, 0) is 26.2 Å². The third kappa shape index (κ3) is 2.95. The van der Waals surface area contributed by atoms with E-state index in [0.717, 1.165) is 36.6 Å². The number of amides is 1. The zero-order valence-corrected chi connectivity index (χ0v) is 16.2. The van der Waals surface area contributed by atoms with Crippen LogP contribution in [0.2, 0.25) is 0 Å². The maximum Gasteiger partial charge on any atom is 0.434 e. The van der Waals surface area contributed by atoms with Gasteiger partial charge in [0.2, 0.25) is 0 Å². The lowest BCUT2D eigenvalue weighted by Crippen LogP contribution is -2.40. The first-order chi connectivity index (χ1) is 13.8. The van der Waals surface area contributed by atoms with Crippen LogP contribution in [0.15, 0.2) is 24.0 Å². The number of aryl methyl sites for hydroxylation is 1. The fourth-order valence-electron chi connectivity index (χ4n) is 4.47. The van der Waals surface area contributed by atoms with Crippen LogP contribution >= 0.6 is 11.3 Å². The number of thiazole rings is 1. The highest BCUT2D eigenvalue weighted by Crippen LogP contribution is 2.40. The topological polar surface area (TPSA) is 75.4 Å². The lowest BCUT2D eigenvalue weighted by molar-refractivity contribution is -0.141. The highest BCUT2D eigenvalue weighted by Gasteiger charge is 2.49. The predicted octanol–water partition coefficient (Wildman–Crippen LogP) is 3.37. The molecule has 0 aromatic carbocycles. The third-order valence-corrected chi connectivity index (χ3v) is 6.44.